The van der Waals surface area contributed by atoms with Gasteiger partial charge in [-0.1, -0.05) is 67.3 Å². The first-order valence-electron chi connectivity index (χ1n) is 12.2. The molecule has 0 unspecified atom stereocenters. The molecule has 35 heavy (non-hydrogen) atoms. The summed E-state index contributed by atoms with van der Waals surface area (Å²) in [7, 11) is 0. The molecule has 0 bridgehead atoms. The highest BCUT2D eigenvalue weighted by Crippen LogP contribution is 2.38. The van der Waals surface area contributed by atoms with Gasteiger partial charge in [-0.2, -0.15) is 0 Å². The van der Waals surface area contributed by atoms with E-state index in [1.807, 2.05) is 53.4 Å². The van der Waals surface area contributed by atoms with E-state index in [-0.39, 0.29) is 11.9 Å². The van der Waals surface area contributed by atoms with E-state index in [2.05, 4.69) is 36.2 Å². The molecule has 6 heteroatoms. The van der Waals surface area contributed by atoms with Crippen molar-refractivity contribution in [3.63, 3.8) is 0 Å². The van der Waals surface area contributed by atoms with Crippen LogP contribution in [0.2, 0.25) is 0 Å². The van der Waals surface area contributed by atoms with Gasteiger partial charge in [0.25, 0.3) is 5.91 Å². The van der Waals surface area contributed by atoms with Crippen LogP contribution in [0.5, 0.6) is 5.75 Å². The number of amidine groups is 1. The number of carbonyl (C=O) groups excluding carboxylic acids is 1. The molecule has 0 radical (unpaired) electrons. The number of ether oxygens (including phenoxy) is 1. The third kappa shape index (κ3) is 5.82. The van der Waals surface area contributed by atoms with Crippen LogP contribution in [0.4, 0.5) is 5.82 Å². The molecule has 0 spiro atoms. The van der Waals surface area contributed by atoms with Gasteiger partial charge in [0.05, 0.1) is 4.91 Å². The number of benzene rings is 2. The standard InChI is InChI=1S/C29H29N3O2S/c1-21-13-15-22(16-14-21)20-34-25-11-7-8-23(18-25)19-26-28(33)32(24-9-3-2-4-10-24)29(35-26)31-27-12-5-6-17-30-27/h5-8,11-19,24H,2-4,9-10,20H2,1H3/b26-19-,31-29+. The van der Waals surface area contributed by atoms with E-state index in [1.165, 1.54) is 23.7 Å². The quantitative estimate of drug-likeness (QED) is 0.358. The second-order valence-corrected chi connectivity index (χ2v) is 10.0. The molecule has 1 amide bonds. The van der Waals surface area contributed by atoms with Crippen molar-refractivity contribution < 1.29 is 9.53 Å². The number of aromatic nitrogens is 1. The molecule has 2 aliphatic rings. The second-order valence-electron chi connectivity index (χ2n) is 9.01. The topological polar surface area (TPSA) is 54.8 Å². The minimum absolute atomic E-state index is 0.0301. The van der Waals surface area contributed by atoms with Crippen LogP contribution >= 0.6 is 11.8 Å². The molecule has 0 N–H and O–H groups in total. The molecule has 1 aliphatic carbocycles. The summed E-state index contributed by atoms with van der Waals surface area (Å²) < 4.78 is 6.02. The van der Waals surface area contributed by atoms with E-state index < -0.39 is 0 Å². The van der Waals surface area contributed by atoms with Crippen molar-refractivity contribution in [3.8, 4) is 5.75 Å². The highest BCUT2D eigenvalue weighted by molar-refractivity contribution is 8.18. The molecule has 0 atom stereocenters. The van der Waals surface area contributed by atoms with Crippen molar-refractivity contribution in [1.29, 1.82) is 0 Å². The van der Waals surface area contributed by atoms with Gasteiger partial charge in [-0.05, 0) is 73.0 Å². The van der Waals surface area contributed by atoms with Gasteiger partial charge in [0, 0.05) is 12.2 Å². The smallest absolute Gasteiger partial charge is 0.267 e. The molecule has 5 nitrogen and oxygen atoms in total. The number of pyridine rings is 1. The van der Waals surface area contributed by atoms with Crippen molar-refractivity contribution in [2.45, 2.75) is 51.7 Å². The van der Waals surface area contributed by atoms with Crippen molar-refractivity contribution >= 4 is 34.7 Å². The molecular weight excluding hydrogens is 454 g/mol. The Bertz CT molecular complexity index is 1230. The van der Waals surface area contributed by atoms with Gasteiger partial charge in [-0.25, -0.2) is 9.98 Å². The Morgan fingerprint density at radius 1 is 1.06 bits per heavy atom. The Morgan fingerprint density at radius 2 is 1.89 bits per heavy atom. The summed E-state index contributed by atoms with van der Waals surface area (Å²) in [5.41, 5.74) is 3.29. The van der Waals surface area contributed by atoms with Gasteiger partial charge in [0.2, 0.25) is 0 Å². The largest absolute Gasteiger partial charge is 0.489 e. The minimum atomic E-state index is 0.0301. The van der Waals surface area contributed by atoms with Crippen molar-refractivity contribution in [3.05, 3.63) is 94.5 Å². The van der Waals surface area contributed by atoms with Crippen LogP contribution in [0.3, 0.4) is 0 Å². The van der Waals surface area contributed by atoms with Crippen LogP contribution in [0, 0.1) is 6.92 Å². The maximum absolute atomic E-state index is 13.5. The zero-order valence-electron chi connectivity index (χ0n) is 19.9. The van der Waals surface area contributed by atoms with E-state index >= 15 is 0 Å². The Balaban J connectivity index is 1.37. The van der Waals surface area contributed by atoms with E-state index in [1.54, 1.807) is 6.20 Å². The first-order valence-corrected chi connectivity index (χ1v) is 13.0. The minimum Gasteiger partial charge on any atom is -0.489 e. The van der Waals surface area contributed by atoms with E-state index in [0.717, 1.165) is 47.7 Å². The van der Waals surface area contributed by atoms with Crippen molar-refractivity contribution in [1.82, 2.24) is 9.88 Å². The SMILES string of the molecule is Cc1ccc(COc2cccc(/C=C3\S/C(=N/c4ccccn4)N(C4CCCCC4)C3=O)c2)cc1. The monoisotopic (exact) mass is 483 g/mol. The lowest BCUT2D eigenvalue weighted by Crippen LogP contribution is -2.40. The maximum Gasteiger partial charge on any atom is 0.267 e. The average Bonchev–Trinajstić information content (AvgIpc) is 3.19. The number of rotatable bonds is 6. The van der Waals surface area contributed by atoms with Crippen LogP contribution in [0.25, 0.3) is 6.08 Å². The third-order valence-electron chi connectivity index (χ3n) is 6.32. The van der Waals surface area contributed by atoms with Gasteiger partial charge in [0.1, 0.15) is 12.4 Å². The number of hydrogen-bond acceptors (Lipinski definition) is 5. The summed E-state index contributed by atoms with van der Waals surface area (Å²) in [6.07, 6.45) is 9.24. The molecule has 2 aromatic carbocycles. The van der Waals surface area contributed by atoms with Crippen LogP contribution in [0.15, 0.2) is 82.8 Å². The fraction of sp³-hybridized carbons (Fsp3) is 0.276. The molecule has 178 valence electrons. The summed E-state index contributed by atoms with van der Waals surface area (Å²) >= 11 is 1.43. The lowest BCUT2D eigenvalue weighted by molar-refractivity contribution is -0.124. The summed E-state index contributed by atoms with van der Waals surface area (Å²) in [6.45, 7) is 2.58. The molecule has 1 aliphatic heterocycles. The van der Waals surface area contributed by atoms with Crippen LogP contribution < -0.4 is 4.74 Å². The molecular formula is C29H29N3O2S. The summed E-state index contributed by atoms with van der Waals surface area (Å²) in [5.74, 6) is 1.43. The molecule has 1 saturated heterocycles. The lowest BCUT2D eigenvalue weighted by atomic mass is 9.94. The number of thioether (sulfide) groups is 1. The first-order chi connectivity index (χ1) is 17.2. The molecule has 2 fully saturated rings. The number of nitrogens with zero attached hydrogens (tertiary/aromatic N) is 3. The molecule has 1 aromatic heterocycles. The number of hydrogen-bond donors (Lipinski definition) is 0. The fourth-order valence-electron chi connectivity index (χ4n) is 4.44. The number of aliphatic imine (C=N–C) groups is 1. The summed E-state index contributed by atoms with van der Waals surface area (Å²) in [5, 5.41) is 0.721. The Labute approximate surface area is 210 Å². The van der Waals surface area contributed by atoms with Crippen LogP contribution in [-0.2, 0) is 11.4 Å². The maximum atomic E-state index is 13.5. The molecule has 5 rings (SSSR count). The molecule has 1 saturated carbocycles. The highest BCUT2D eigenvalue weighted by Gasteiger charge is 2.38. The van der Waals surface area contributed by atoms with E-state index in [0.29, 0.717) is 17.3 Å². The first kappa shape index (κ1) is 23.4. The van der Waals surface area contributed by atoms with Crippen molar-refractivity contribution in [2.24, 2.45) is 4.99 Å². The Hall–Kier alpha value is -3.38. The molecule has 3 aromatic rings. The number of carbonyl (C=O) groups is 1. The van der Waals surface area contributed by atoms with Gasteiger partial charge in [-0.15, -0.1) is 0 Å². The van der Waals surface area contributed by atoms with E-state index in [4.69, 9.17) is 9.73 Å². The highest BCUT2D eigenvalue weighted by atomic mass is 32.2. The van der Waals surface area contributed by atoms with Gasteiger partial charge in [0.15, 0.2) is 11.0 Å². The van der Waals surface area contributed by atoms with Gasteiger partial charge >= 0.3 is 0 Å². The van der Waals surface area contributed by atoms with Gasteiger partial charge < -0.3 is 4.74 Å². The van der Waals surface area contributed by atoms with Gasteiger partial charge in [-0.3, -0.25) is 9.69 Å². The predicted molar refractivity (Wildman–Crippen MR) is 143 cm³/mol. The normalized spacial score (nSPS) is 19.0. The zero-order chi connectivity index (χ0) is 24.0. The second kappa shape index (κ2) is 10.9. The fourth-order valence-corrected chi connectivity index (χ4v) is 5.49. The lowest BCUT2D eigenvalue weighted by Gasteiger charge is -2.30. The Kier molecular flexibility index (Phi) is 7.28. The van der Waals surface area contributed by atoms with Crippen molar-refractivity contribution in [2.75, 3.05) is 0 Å². The average molecular weight is 484 g/mol. The summed E-state index contributed by atoms with van der Waals surface area (Å²) in [4.78, 5) is 25.2. The Morgan fingerprint density at radius 3 is 2.66 bits per heavy atom. The number of amides is 1. The zero-order valence-corrected chi connectivity index (χ0v) is 20.7. The third-order valence-corrected chi connectivity index (χ3v) is 7.30. The predicted octanol–water partition coefficient (Wildman–Crippen LogP) is 6.91. The van der Waals surface area contributed by atoms with E-state index in [9.17, 15) is 4.79 Å². The van der Waals surface area contributed by atoms with Crippen LogP contribution in [-0.4, -0.2) is 27.0 Å². The molecule has 2 heterocycles. The summed E-state index contributed by atoms with van der Waals surface area (Å²) in [6, 6.07) is 22.1. The number of aryl methyl sites for hydroxylation is 1. The van der Waals surface area contributed by atoms with Crippen LogP contribution in [0.1, 0.15) is 48.8 Å².